The third-order valence-corrected chi connectivity index (χ3v) is 4.65. The van der Waals surface area contributed by atoms with E-state index >= 15 is 0 Å². The van der Waals surface area contributed by atoms with Crippen LogP contribution in [0.3, 0.4) is 0 Å². The van der Waals surface area contributed by atoms with E-state index in [1.807, 2.05) is 23.4 Å². The second-order valence-corrected chi connectivity index (χ2v) is 6.05. The number of carboxylic acids is 1. The topological polar surface area (TPSA) is 58.4 Å². The Labute approximate surface area is 129 Å². The molecule has 0 unspecified atom stereocenters. The van der Waals surface area contributed by atoms with Gasteiger partial charge in [-0.2, -0.15) is 5.10 Å². The molecule has 0 bridgehead atoms. The monoisotopic (exact) mass is 345 g/mol. The van der Waals surface area contributed by atoms with Crippen molar-refractivity contribution >= 4 is 21.9 Å². The summed E-state index contributed by atoms with van der Waals surface area (Å²) in [6.45, 7) is 11.6. The molecule has 0 radical (unpaired) electrons. The molecule has 0 saturated heterocycles. The van der Waals surface area contributed by atoms with Crippen LogP contribution in [0.2, 0.25) is 0 Å². The van der Waals surface area contributed by atoms with E-state index in [-0.39, 0.29) is 0 Å². The first-order valence-corrected chi connectivity index (χ1v) is 7.81. The van der Waals surface area contributed by atoms with Gasteiger partial charge < -0.3 is 5.11 Å². The van der Waals surface area contributed by atoms with E-state index in [1.165, 1.54) is 0 Å². The molecule has 0 spiro atoms. The van der Waals surface area contributed by atoms with Crippen molar-refractivity contribution in [3.05, 3.63) is 15.9 Å². The molecule has 20 heavy (non-hydrogen) atoms. The normalized spacial score (nSPS) is 12.2. The zero-order chi connectivity index (χ0) is 15.5. The van der Waals surface area contributed by atoms with Crippen LogP contribution in [-0.2, 0) is 24.3 Å². The van der Waals surface area contributed by atoms with E-state index < -0.39 is 11.5 Å². The summed E-state index contributed by atoms with van der Waals surface area (Å²) in [4.78, 5) is 13.4. The lowest BCUT2D eigenvalue weighted by Crippen LogP contribution is -2.49. The smallest absolute Gasteiger partial charge is 0.323 e. The molecule has 1 rings (SSSR count). The molecule has 0 aliphatic rings. The molecule has 0 atom stereocenters. The summed E-state index contributed by atoms with van der Waals surface area (Å²) in [5.41, 5.74) is 1.16. The van der Waals surface area contributed by atoms with Gasteiger partial charge in [-0.1, -0.05) is 13.8 Å². The number of rotatable bonds is 7. The van der Waals surface area contributed by atoms with Crippen LogP contribution in [0.5, 0.6) is 0 Å². The largest absolute Gasteiger partial charge is 0.480 e. The lowest BCUT2D eigenvalue weighted by molar-refractivity contribution is -0.149. The van der Waals surface area contributed by atoms with Crippen molar-refractivity contribution in [3.8, 4) is 0 Å². The third kappa shape index (κ3) is 3.23. The van der Waals surface area contributed by atoms with Gasteiger partial charge in [-0.15, -0.1) is 0 Å². The van der Waals surface area contributed by atoms with Gasteiger partial charge in [0.05, 0.1) is 15.9 Å². The summed E-state index contributed by atoms with van der Waals surface area (Å²) in [6.07, 6.45) is 0.856. The number of aliphatic carboxylic acids is 1. The molecule has 114 valence electrons. The van der Waals surface area contributed by atoms with Crippen LogP contribution in [0.15, 0.2) is 4.47 Å². The molecular formula is C14H24BrN3O2. The van der Waals surface area contributed by atoms with E-state index in [0.29, 0.717) is 13.1 Å². The van der Waals surface area contributed by atoms with Crippen LogP contribution in [0, 0.1) is 0 Å². The maximum Gasteiger partial charge on any atom is 0.323 e. The number of aromatic nitrogens is 2. The summed E-state index contributed by atoms with van der Waals surface area (Å²) < 4.78 is 2.95. The molecule has 0 saturated carbocycles. The molecule has 0 aromatic carbocycles. The number of carboxylic acid groups (broad SMARTS) is 1. The minimum Gasteiger partial charge on any atom is -0.480 e. The average molecular weight is 346 g/mol. The quantitative estimate of drug-likeness (QED) is 0.825. The van der Waals surface area contributed by atoms with Crippen LogP contribution in [0.25, 0.3) is 0 Å². The average Bonchev–Trinajstić information content (AvgIpc) is 2.71. The fourth-order valence-corrected chi connectivity index (χ4v) is 2.88. The number of hydrogen-bond donors (Lipinski definition) is 1. The van der Waals surface area contributed by atoms with Gasteiger partial charge in [0.15, 0.2) is 0 Å². The number of hydrogen-bond acceptors (Lipinski definition) is 3. The number of carbonyl (C=O) groups is 1. The molecule has 0 aliphatic carbocycles. The van der Waals surface area contributed by atoms with Crippen LogP contribution in [0.4, 0.5) is 0 Å². The molecule has 1 aromatic heterocycles. The van der Waals surface area contributed by atoms with Crippen molar-refractivity contribution in [1.29, 1.82) is 0 Å². The van der Waals surface area contributed by atoms with Crippen molar-refractivity contribution in [3.63, 3.8) is 0 Å². The molecule has 6 heteroatoms. The highest BCUT2D eigenvalue weighted by atomic mass is 79.9. The van der Waals surface area contributed by atoms with E-state index in [0.717, 1.165) is 28.8 Å². The summed E-state index contributed by atoms with van der Waals surface area (Å²) in [5, 5.41) is 13.9. The van der Waals surface area contributed by atoms with Gasteiger partial charge in [0, 0.05) is 13.1 Å². The summed E-state index contributed by atoms with van der Waals surface area (Å²) >= 11 is 3.61. The lowest BCUT2D eigenvalue weighted by atomic mass is 10.0. The third-order valence-electron chi connectivity index (χ3n) is 3.73. The number of likely N-dealkylation sites (N-methyl/N-ethyl adjacent to an activating group) is 1. The Bertz CT molecular complexity index is 483. The molecule has 5 nitrogen and oxygen atoms in total. The fourth-order valence-electron chi connectivity index (χ4n) is 2.19. The summed E-state index contributed by atoms with van der Waals surface area (Å²) in [5.74, 6) is -0.811. The molecule has 1 aromatic rings. The highest BCUT2D eigenvalue weighted by Gasteiger charge is 2.34. The minimum atomic E-state index is -0.899. The Hall–Kier alpha value is -0.880. The summed E-state index contributed by atoms with van der Waals surface area (Å²) in [7, 11) is 0. The maximum absolute atomic E-state index is 11.4. The predicted octanol–water partition coefficient (Wildman–Crippen LogP) is 2.91. The van der Waals surface area contributed by atoms with Crippen LogP contribution in [-0.4, -0.2) is 37.8 Å². The second-order valence-electron chi connectivity index (χ2n) is 5.26. The second kappa shape index (κ2) is 6.72. The molecule has 0 aliphatic heterocycles. The zero-order valence-corrected chi connectivity index (χ0v) is 14.5. The molecule has 1 heterocycles. The van der Waals surface area contributed by atoms with E-state index in [4.69, 9.17) is 0 Å². The Kier molecular flexibility index (Phi) is 5.77. The predicted molar refractivity (Wildman–Crippen MR) is 82.8 cm³/mol. The van der Waals surface area contributed by atoms with Gasteiger partial charge in [0.2, 0.25) is 0 Å². The van der Waals surface area contributed by atoms with Crippen molar-refractivity contribution in [2.24, 2.45) is 0 Å². The fraction of sp³-hybridized carbons (Fsp3) is 0.714. The van der Waals surface area contributed by atoms with Crippen molar-refractivity contribution in [1.82, 2.24) is 14.7 Å². The van der Waals surface area contributed by atoms with Gasteiger partial charge in [0.25, 0.3) is 0 Å². The number of halogens is 1. The van der Waals surface area contributed by atoms with Crippen LogP contribution in [0.1, 0.15) is 46.0 Å². The van der Waals surface area contributed by atoms with Gasteiger partial charge in [-0.3, -0.25) is 14.4 Å². The first-order chi connectivity index (χ1) is 9.29. The minimum absolute atomic E-state index is 0.567. The Morgan fingerprint density at radius 1 is 1.40 bits per heavy atom. The zero-order valence-electron chi connectivity index (χ0n) is 12.9. The number of aryl methyl sites for hydroxylation is 2. The first kappa shape index (κ1) is 17.2. The molecule has 1 N–H and O–H groups in total. The Balaban J connectivity index is 3.13. The standard InChI is InChI=1S/C14H24BrN3O2/c1-6-10-12(15)11(18(8-3)16-10)9-17(7-2)14(4,5)13(19)20/h6-9H2,1-5H3,(H,19,20). The van der Waals surface area contributed by atoms with Crippen LogP contribution < -0.4 is 0 Å². The summed E-state index contributed by atoms with van der Waals surface area (Å²) in [6, 6.07) is 0. The SMILES string of the molecule is CCc1nn(CC)c(CN(CC)C(C)(C)C(=O)O)c1Br. The van der Waals surface area contributed by atoms with E-state index in [9.17, 15) is 9.90 Å². The van der Waals surface area contributed by atoms with Gasteiger partial charge >= 0.3 is 5.97 Å². The lowest BCUT2D eigenvalue weighted by Gasteiger charge is -2.34. The van der Waals surface area contributed by atoms with Crippen molar-refractivity contribution in [2.45, 2.75) is 59.7 Å². The first-order valence-electron chi connectivity index (χ1n) is 7.01. The van der Waals surface area contributed by atoms with Crippen LogP contribution >= 0.6 is 15.9 Å². The highest BCUT2D eigenvalue weighted by Crippen LogP contribution is 2.26. The van der Waals surface area contributed by atoms with Crippen molar-refractivity contribution < 1.29 is 9.90 Å². The Morgan fingerprint density at radius 2 is 2.00 bits per heavy atom. The van der Waals surface area contributed by atoms with E-state index in [2.05, 4.69) is 28.0 Å². The molecule has 0 amide bonds. The number of nitrogens with zero attached hydrogens (tertiary/aromatic N) is 3. The van der Waals surface area contributed by atoms with Crippen molar-refractivity contribution in [2.75, 3.05) is 6.54 Å². The van der Waals surface area contributed by atoms with Gasteiger partial charge in [-0.05, 0) is 49.7 Å². The van der Waals surface area contributed by atoms with Gasteiger partial charge in [-0.25, -0.2) is 0 Å². The maximum atomic E-state index is 11.4. The molecular weight excluding hydrogens is 322 g/mol. The molecule has 0 fully saturated rings. The Morgan fingerprint density at radius 3 is 2.40 bits per heavy atom. The highest BCUT2D eigenvalue weighted by molar-refractivity contribution is 9.10. The van der Waals surface area contributed by atoms with E-state index in [1.54, 1.807) is 13.8 Å². The van der Waals surface area contributed by atoms with Gasteiger partial charge in [0.1, 0.15) is 5.54 Å².